The first-order chi connectivity index (χ1) is 22.0. The van der Waals surface area contributed by atoms with Crippen molar-refractivity contribution in [3.8, 4) is 67.5 Å². The second-order valence-corrected chi connectivity index (χ2v) is 9.91. The van der Waals surface area contributed by atoms with E-state index in [2.05, 4.69) is 18.2 Å². The largest absolute Gasteiger partial charge is 0.208 e. The molecule has 0 saturated carbocycles. The minimum absolute atomic E-state index is 0.470. The smallest absolute Gasteiger partial charge is 0.164 e. The van der Waals surface area contributed by atoms with Crippen molar-refractivity contribution in [3.05, 3.63) is 164 Å². The minimum Gasteiger partial charge on any atom is -0.208 e. The van der Waals surface area contributed by atoms with Gasteiger partial charge in [0.05, 0.1) is 4.11 Å². The molecule has 0 radical (unpaired) electrons. The zero-order valence-electron chi connectivity index (χ0n) is 25.7. The molecule has 0 N–H and O–H groups in total. The Morgan fingerprint density at radius 3 is 0.810 bits per heavy atom. The van der Waals surface area contributed by atoms with Gasteiger partial charge in [-0.05, 0) is 51.6 Å². The van der Waals surface area contributed by atoms with Crippen molar-refractivity contribution in [1.82, 2.24) is 15.0 Å². The zero-order valence-corrected chi connectivity index (χ0v) is 22.7. The predicted molar refractivity (Wildman–Crippen MR) is 172 cm³/mol. The minimum atomic E-state index is 0.470. The molecule has 1 heterocycles. The normalized spacial score (nSPS) is 11.9. The average Bonchev–Trinajstić information content (AvgIpc) is 3.09. The van der Waals surface area contributed by atoms with Gasteiger partial charge in [-0.25, -0.2) is 15.0 Å². The average molecular weight is 541 g/mol. The molecule has 0 amide bonds. The summed E-state index contributed by atoms with van der Waals surface area (Å²) in [7, 11) is 0. The van der Waals surface area contributed by atoms with E-state index in [1.807, 2.05) is 91.0 Å². The van der Waals surface area contributed by atoms with E-state index in [1.54, 1.807) is 36.4 Å². The van der Waals surface area contributed by atoms with E-state index in [-0.39, 0.29) is 0 Å². The number of aromatic nitrogens is 3. The molecule has 1 aromatic heterocycles. The Morgan fingerprint density at radius 1 is 0.286 bits per heavy atom. The molecule has 0 aliphatic carbocycles. The van der Waals surface area contributed by atoms with Gasteiger partial charge >= 0.3 is 0 Å². The van der Waals surface area contributed by atoms with E-state index in [1.165, 1.54) is 0 Å². The molecule has 0 atom stereocenters. The molecule has 7 rings (SSSR count). The maximum atomic E-state index is 7.86. The van der Waals surface area contributed by atoms with Crippen LogP contribution in [0.25, 0.3) is 67.5 Å². The summed E-state index contributed by atoms with van der Waals surface area (Å²) in [5.74, 6) is 1.67. The lowest BCUT2D eigenvalue weighted by Gasteiger charge is -2.11. The summed E-state index contributed by atoms with van der Waals surface area (Å²) in [6.07, 6.45) is 0. The van der Waals surface area contributed by atoms with E-state index in [9.17, 15) is 0 Å². The Hall–Kier alpha value is -5.67. The highest BCUT2D eigenvalue weighted by Crippen LogP contribution is 2.31. The summed E-state index contributed by atoms with van der Waals surface area (Å²) >= 11 is 0. The van der Waals surface area contributed by atoms with Crippen LogP contribution in [-0.2, 0) is 0 Å². The molecule has 0 saturated heterocycles. The van der Waals surface area contributed by atoms with Crippen LogP contribution >= 0.6 is 0 Å². The summed E-state index contributed by atoms with van der Waals surface area (Å²) < 4.78 is 23.6. The van der Waals surface area contributed by atoms with Crippen LogP contribution in [0.5, 0.6) is 0 Å². The maximum Gasteiger partial charge on any atom is 0.164 e. The van der Waals surface area contributed by atoms with Crippen molar-refractivity contribution in [2.45, 2.75) is 0 Å². The SMILES string of the molecule is [2H]c1ccc(-c2cccc(-c3nc(-c4cccc(-c5ccc([2H])cc5)c4)nc(-c4cccc(-c5ccc([2H])cc5)c4)n3)c2)cc1. The lowest BCUT2D eigenvalue weighted by Crippen LogP contribution is -2.00. The predicted octanol–water partition coefficient (Wildman–Crippen LogP) is 9.87. The summed E-state index contributed by atoms with van der Waals surface area (Å²) in [5, 5.41) is 0. The van der Waals surface area contributed by atoms with Crippen LogP contribution in [0.1, 0.15) is 4.11 Å². The lowest BCUT2D eigenvalue weighted by atomic mass is 10.0. The topological polar surface area (TPSA) is 38.7 Å². The van der Waals surface area contributed by atoms with Gasteiger partial charge in [-0.3, -0.25) is 0 Å². The highest BCUT2D eigenvalue weighted by molar-refractivity contribution is 5.76. The first-order valence-electron chi connectivity index (χ1n) is 15.3. The second-order valence-electron chi connectivity index (χ2n) is 9.91. The standard InChI is InChI=1S/C39H27N3/c1-4-13-28(14-5-1)31-19-10-22-34(25-31)37-40-38(35-23-11-20-32(26-35)29-15-6-2-7-16-29)42-39(41-37)36-24-12-21-33(27-36)30-17-8-3-9-18-30/h1-27H/i1D,2D,3D. The van der Waals surface area contributed by atoms with Crippen molar-refractivity contribution in [3.63, 3.8) is 0 Å². The van der Waals surface area contributed by atoms with Crippen molar-refractivity contribution in [2.75, 3.05) is 0 Å². The molecule has 42 heavy (non-hydrogen) atoms. The molecule has 198 valence electrons. The fourth-order valence-electron chi connectivity index (χ4n) is 5.01. The van der Waals surface area contributed by atoms with Gasteiger partial charge in [-0.2, -0.15) is 0 Å². The van der Waals surface area contributed by atoms with Gasteiger partial charge in [-0.15, -0.1) is 0 Å². The van der Waals surface area contributed by atoms with Gasteiger partial charge in [0.2, 0.25) is 0 Å². The summed E-state index contributed by atoms with van der Waals surface area (Å²) in [6, 6.07) is 48.2. The van der Waals surface area contributed by atoms with Crippen LogP contribution < -0.4 is 0 Å². The number of benzene rings is 6. The summed E-state index contributed by atoms with van der Waals surface area (Å²) in [6.45, 7) is 0. The van der Waals surface area contributed by atoms with Gasteiger partial charge in [0.25, 0.3) is 0 Å². The highest BCUT2D eigenvalue weighted by atomic mass is 15.0. The van der Waals surface area contributed by atoms with E-state index in [4.69, 9.17) is 19.1 Å². The molecule has 0 fully saturated rings. The Kier molecular flexibility index (Phi) is 6.01. The van der Waals surface area contributed by atoms with Gasteiger partial charge < -0.3 is 0 Å². The fourth-order valence-corrected chi connectivity index (χ4v) is 5.01. The van der Waals surface area contributed by atoms with E-state index in [0.29, 0.717) is 35.6 Å². The Bertz CT molecular complexity index is 1870. The van der Waals surface area contributed by atoms with Crippen molar-refractivity contribution in [2.24, 2.45) is 0 Å². The maximum absolute atomic E-state index is 7.86. The molecule has 3 nitrogen and oxygen atoms in total. The molecule has 0 aliphatic rings. The van der Waals surface area contributed by atoms with Crippen LogP contribution in [0.15, 0.2) is 164 Å². The molecule has 0 spiro atoms. The molecule has 0 unspecified atom stereocenters. The zero-order chi connectivity index (χ0) is 30.8. The monoisotopic (exact) mass is 540 g/mol. The Morgan fingerprint density at radius 2 is 0.524 bits per heavy atom. The lowest BCUT2D eigenvalue weighted by molar-refractivity contribution is 1.07. The van der Waals surface area contributed by atoms with Gasteiger partial charge in [0, 0.05) is 16.7 Å². The van der Waals surface area contributed by atoms with Crippen LogP contribution in [0.4, 0.5) is 0 Å². The van der Waals surface area contributed by atoms with Crippen molar-refractivity contribution < 1.29 is 4.11 Å². The fraction of sp³-hybridized carbons (Fsp3) is 0. The van der Waals surface area contributed by atoms with Crippen LogP contribution in [0, 0.1) is 0 Å². The van der Waals surface area contributed by atoms with Gasteiger partial charge in [0.1, 0.15) is 0 Å². The van der Waals surface area contributed by atoms with Crippen LogP contribution in [0.2, 0.25) is 0 Å². The first-order valence-corrected chi connectivity index (χ1v) is 13.8. The summed E-state index contributed by atoms with van der Waals surface area (Å²) in [5.41, 5.74) is 8.65. The highest BCUT2D eigenvalue weighted by Gasteiger charge is 2.14. The third kappa shape index (κ3) is 5.36. The van der Waals surface area contributed by atoms with Crippen LogP contribution in [-0.4, -0.2) is 15.0 Å². The molecular formula is C39H27N3. The summed E-state index contributed by atoms with van der Waals surface area (Å²) in [4.78, 5) is 15.0. The van der Waals surface area contributed by atoms with E-state index < -0.39 is 0 Å². The molecule has 6 aromatic carbocycles. The van der Waals surface area contributed by atoms with E-state index >= 15 is 0 Å². The number of hydrogen-bond acceptors (Lipinski definition) is 3. The van der Waals surface area contributed by atoms with Crippen molar-refractivity contribution >= 4 is 0 Å². The van der Waals surface area contributed by atoms with Gasteiger partial charge in [-0.1, -0.05) is 146 Å². The number of nitrogens with zero attached hydrogens (tertiary/aromatic N) is 3. The van der Waals surface area contributed by atoms with Crippen LogP contribution in [0.3, 0.4) is 0 Å². The quantitative estimate of drug-likeness (QED) is 0.211. The number of rotatable bonds is 6. The van der Waals surface area contributed by atoms with E-state index in [0.717, 1.165) is 50.1 Å². The number of hydrogen-bond donors (Lipinski definition) is 0. The molecule has 3 heteroatoms. The third-order valence-corrected chi connectivity index (χ3v) is 7.15. The molecule has 7 aromatic rings. The molecular weight excluding hydrogens is 510 g/mol. The first kappa shape index (κ1) is 22.1. The Balaban J connectivity index is 1.37. The molecule has 0 aliphatic heterocycles. The van der Waals surface area contributed by atoms with Crippen molar-refractivity contribution in [1.29, 1.82) is 0 Å². The molecule has 0 bridgehead atoms. The third-order valence-electron chi connectivity index (χ3n) is 7.15. The Labute approximate surface area is 250 Å². The second kappa shape index (κ2) is 11.4. The van der Waals surface area contributed by atoms with Gasteiger partial charge in [0.15, 0.2) is 17.5 Å².